The maximum absolute atomic E-state index is 12.0. The number of amides is 1. The lowest BCUT2D eigenvalue weighted by Crippen LogP contribution is -2.14. The molecule has 0 saturated heterocycles. The standard InChI is InChI=1S/C18H18N4O2/c1-12-6-4-9-15(19-12)21-17(23)11-5-10-16-20-14-8-3-2-7-13(14)18(24)22-16/h2-4,6-9H,5,10-11H2,1H3,(H,19,21,23)(H,20,22,24). The van der Waals surface area contributed by atoms with Gasteiger partial charge in [-0.15, -0.1) is 0 Å². The van der Waals surface area contributed by atoms with Crippen LogP contribution in [0.5, 0.6) is 0 Å². The Morgan fingerprint density at radius 3 is 2.79 bits per heavy atom. The van der Waals surface area contributed by atoms with E-state index in [4.69, 9.17) is 0 Å². The van der Waals surface area contributed by atoms with E-state index in [0.29, 0.717) is 41.8 Å². The maximum Gasteiger partial charge on any atom is 0.258 e. The van der Waals surface area contributed by atoms with Crippen LogP contribution in [0.25, 0.3) is 10.9 Å². The molecule has 3 rings (SSSR count). The van der Waals surface area contributed by atoms with E-state index in [0.717, 1.165) is 5.69 Å². The zero-order valence-corrected chi connectivity index (χ0v) is 13.4. The minimum Gasteiger partial charge on any atom is -0.311 e. The van der Waals surface area contributed by atoms with E-state index in [2.05, 4.69) is 20.3 Å². The third kappa shape index (κ3) is 3.84. The number of aromatic nitrogens is 3. The molecule has 1 aromatic carbocycles. The fourth-order valence-electron chi connectivity index (χ4n) is 2.49. The predicted octanol–water partition coefficient (Wildman–Crippen LogP) is 2.59. The molecule has 6 nitrogen and oxygen atoms in total. The van der Waals surface area contributed by atoms with Crippen molar-refractivity contribution in [2.45, 2.75) is 26.2 Å². The maximum atomic E-state index is 12.0. The first kappa shape index (κ1) is 15.9. The summed E-state index contributed by atoms with van der Waals surface area (Å²) in [5.41, 5.74) is 1.37. The van der Waals surface area contributed by atoms with Crippen LogP contribution in [0, 0.1) is 6.92 Å². The third-order valence-corrected chi connectivity index (χ3v) is 3.64. The number of fused-ring (bicyclic) bond motifs is 1. The van der Waals surface area contributed by atoms with Crippen molar-refractivity contribution in [2.75, 3.05) is 5.32 Å². The summed E-state index contributed by atoms with van der Waals surface area (Å²) in [6, 6.07) is 12.7. The number of aromatic amines is 1. The van der Waals surface area contributed by atoms with Gasteiger partial charge in [0.25, 0.3) is 5.56 Å². The van der Waals surface area contributed by atoms with Crippen molar-refractivity contribution < 1.29 is 4.79 Å². The number of hydrogen-bond donors (Lipinski definition) is 2. The zero-order chi connectivity index (χ0) is 16.9. The molecule has 0 aliphatic rings. The molecule has 0 aliphatic carbocycles. The fourth-order valence-corrected chi connectivity index (χ4v) is 2.49. The molecular formula is C18H18N4O2. The van der Waals surface area contributed by atoms with E-state index < -0.39 is 0 Å². The summed E-state index contributed by atoms with van der Waals surface area (Å²) in [4.78, 5) is 35.4. The van der Waals surface area contributed by atoms with E-state index in [-0.39, 0.29) is 11.5 Å². The van der Waals surface area contributed by atoms with Crippen LogP contribution in [0.1, 0.15) is 24.4 Å². The van der Waals surface area contributed by atoms with E-state index >= 15 is 0 Å². The number of carbonyl (C=O) groups excluding carboxylic acids is 1. The minimum atomic E-state index is -0.149. The van der Waals surface area contributed by atoms with Crippen LogP contribution in [0.3, 0.4) is 0 Å². The Bertz CT molecular complexity index is 933. The lowest BCUT2D eigenvalue weighted by Gasteiger charge is -2.05. The van der Waals surface area contributed by atoms with Crippen LogP contribution < -0.4 is 10.9 Å². The molecule has 2 heterocycles. The quantitative estimate of drug-likeness (QED) is 0.756. The topological polar surface area (TPSA) is 87.7 Å². The van der Waals surface area contributed by atoms with Crippen LogP contribution >= 0.6 is 0 Å². The lowest BCUT2D eigenvalue weighted by molar-refractivity contribution is -0.116. The van der Waals surface area contributed by atoms with E-state index in [9.17, 15) is 9.59 Å². The summed E-state index contributed by atoms with van der Waals surface area (Å²) < 4.78 is 0. The summed E-state index contributed by atoms with van der Waals surface area (Å²) >= 11 is 0. The van der Waals surface area contributed by atoms with Gasteiger partial charge in [0.05, 0.1) is 10.9 Å². The number of aryl methyl sites for hydroxylation is 2. The molecule has 3 aromatic rings. The molecule has 6 heteroatoms. The molecule has 122 valence electrons. The Kier molecular flexibility index (Phi) is 4.65. The summed E-state index contributed by atoms with van der Waals surface area (Å²) in [7, 11) is 0. The van der Waals surface area contributed by atoms with Gasteiger partial charge in [-0.25, -0.2) is 9.97 Å². The van der Waals surface area contributed by atoms with Crippen molar-refractivity contribution in [3.8, 4) is 0 Å². The molecule has 0 radical (unpaired) electrons. The summed E-state index contributed by atoms with van der Waals surface area (Å²) in [5, 5.41) is 3.34. The van der Waals surface area contributed by atoms with Crippen molar-refractivity contribution in [1.29, 1.82) is 0 Å². The monoisotopic (exact) mass is 322 g/mol. The Labute approximate surface area is 139 Å². The Balaban J connectivity index is 1.58. The smallest absolute Gasteiger partial charge is 0.258 e. The van der Waals surface area contributed by atoms with Crippen molar-refractivity contribution in [2.24, 2.45) is 0 Å². The van der Waals surface area contributed by atoms with Crippen LogP contribution in [0.2, 0.25) is 0 Å². The van der Waals surface area contributed by atoms with Gasteiger partial charge in [0.2, 0.25) is 5.91 Å². The Hall–Kier alpha value is -3.02. The highest BCUT2D eigenvalue weighted by Crippen LogP contribution is 2.08. The van der Waals surface area contributed by atoms with E-state index in [1.807, 2.05) is 37.3 Å². The zero-order valence-electron chi connectivity index (χ0n) is 13.4. The van der Waals surface area contributed by atoms with Gasteiger partial charge >= 0.3 is 0 Å². The third-order valence-electron chi connectivity index (χ3n) is 3.64. The lowest BCUT2D eigenvalue weighted by atomic mass is 10.2. The molecule has 0 saturated carbocycles. The molecule has 0 fully saturated rings. The molecule has 24 heavy (non-hydrogen) atoms. The molecule has 1 amide bonds. The minimum absolute atomic E-state index is 0.101. The first-order valence-electron chi connectivity index (χ1n) is 7.83. The van der Waals surface area contributed by atoms with Crippen LogP contribution in [0.4, 0.5) is 5.82 Å². The molecule has 0 atom stereocenters. The van der Waals surface area contributed by atoms with Gasteiger partial charge in [-0.1, -0.05) is 18.2 Å². The van der Waals surface area contributed by atoms with Gasteiger partial charge in [-0.3, -0.25) is 9.59 Å². The van der Waals surface area contributed by atoms with E-state index in [1.165, 1.54) is 0 Å². The van der Waals surface area contributed by atoms with Crippen molar-refractivity contribution >= 4 is 22.6 Å². The average molecular weight is 322 g/mol. The van der Waals surface area contributed by atoms with Crippen LogP contribution in [-0.2, 0) is 11.2 Å². The van der Waals surface area contributed by atoms with Crippen molar-refractivity contribution in [1.82, 2.24) is 15.0 Å². The first-order chi connectivity index (χ1) is 11.6. The molecular weight excluding hydrogens is 304 g/mol. The predicted molar refractivity (Wildman–Crippen MR) is 92.9 cm³/mol. The van der Waals surface area contributed by atoms with Crippen LogP contribution in [-0.4, -0.2) is 20.9 Å². The second kappa shape index (κ2) is 7.04. The second-order valence-corrected chi connectivity index (χ2v) is 5.60. The summed E-state index contributed by atoms with van der Waals surface area (Å²) in [5.74, 6) is 1.05. The number of pyridine rings is 1. The van der Waals surface area contributed by atoms with Gasteiger partial charge in [0, 0.05) is 18.5 Å². The molecule has 2 aromatic heterocycles. The number of hydrogen-bond acceptors (Lipinski definition) is 4. The largest absolute Gasteiger partial charge is 0.311 e. The van der Waals surface area contributed by atoms with Gasteiger partial charge in [0.15, 0.2) is 0 Å². The molecule has 0 bridgehead atoms. The highest BCUT2D eigenvalue weighted by Gasteiger charge is 2.06. The van der Waals surface area contributed by atoms with Gasteiger partial charge < -0.3 is 10.3 Å². The van der Waals surface area contributed by atoms with Crippen molar-refractivity contribution in [3.63, 3.8) is 0 Å². The number of nitrogens with one attached hydrogen (secondary N) is 2. The molecule has 0 aliphatic heterocycles. The van der Waals surface area contributed by atoms with Crippen LogP contribution in [0.15, 0.2) is 47.3 Å². The number of carbonyl (C=O) groups is 1. The molecule has 0 unspecified atom stereocenters. The van der Waals surface area contributed by atoms with Crippen molar-refractivity contribution in [3.05, 3.63) is 64.3 Å². The number of para-hydroxylation sites is 1. The summed E-state index contributed by atoms with van der Waals surface area (Å²) in [6.45, 7) is 1.87. The number of H-pyrrole nitrogens is 1. The number of benzene rings is 1. The highest BCUT2D eigenvalue weighted by atomic mass is 16.1. The van der Waals surface area contributed by atoms with Gasteiger partial charge in [0.1, 0.15) is 11.6 Å². The van der Waals surface area contributed by atoms with Gasteiger partial charge in [-0.05, 0) is 37.6 Å². The SMILES string of the molecule is Cc1cccc(NC(=O)CCCc2nc3ccccc3c(=O)[nH]2)n1. The van der Waals surface area contributed by atoms with E-state index in [1.54, 1.807) is 12.1 Å². The highest BCUT2D eigenvalue weighted by molar-refractivity contribution is 5.89. The average Bonchev–Trinajstić information content (AvgIpc) is 2.55. The Morgan fingerprint density at radius 1 is 1.12 bits per heavy atom. The summed E-state index contributed by atoms with van der Waals surface area (Å²) in [6.07, 6.45) is 1.47. The number of anilines is 1. The van der Waals surface area contributed by atoms with Gasteiger partial charge in [-0.2, -0.15) is 0 Å². The Morgan fingerprint density at radius 2 is 1.96 bits per heavy atom. The first-order valence-corrected chi connectivity index (χ1v) is 7.83. The second-order valence-electron chi connectivity index (χ2n) is 5.60. The fraction of sp³-hybridized carbons (Fsp3) is 0.222. The number of nitrogens with zero attached hydrogens (tertiary/aromatic N) is 2. The number of rotatable bonds is 5. The molecule has 0 spiro atoms. The normalized spacial score (nSPS) is 10.7. The molecule has 2 N–H and O–H groups in total.